The topological polar surface area (TPSA) is 22.1 Å². The SMILES string of the molecule is c1ccc(Oc2ccc(CCc3ccc4ccccc4n3)cc2)cc1. The number of nitrogens with zero attached hydrogens (tertiary/aromatic N) is 1. The monoisotopic (exact) mass is 325 g/mol. The molecule has 0 spiro atoms. The van der Waals surface area contributed by atoms with E-state index in [1.54, 1.807) is 0 Å². The molecule has 2 heteroatoms. The molecule has 4 aromatic rings. The van der Waals surface area contributed by atoms with Crippen LogP contribution in [-0.4, -0.2) is 4.98 Å². The summed E-state index contributed by atoms with van der Waals surface area (Å²) in [5, 5.41) is 1.19. The van der Waals surface area contributed by atoms with Gasteiger partial charge in [-0.05, 0) is 54.8 Å². The van der Waals surface area contributed by atoms with Gasteiger partial charge in [-0.2, -0.15) is 0 Å². The van der Waals surface area contributed by atoms with Crippen LogP contribution < -0.4 is 4.74 Å². The van der Waals surface area contributed by atoms with Crippen LogP contribution in [0.5, 0.6) is 11.5 Å². The minimum Gasteiger partial charge on any atom is -0.457 e. The fourth-order valence-electron chi connectivity index (χ4n) is 2.87. The number of aryl methyl sites for hydroxylation is 2. The Morgan fingerprint density at radius 3 is 2.16 bits per heavy atom. The summed E-state index contributed by atoms with van der Waals surface area (Å²) in [6.07, 6.45) is 1.90. The molecule has 25 heavy (non-hydrogen) atoms. The number of para-hydroxylation sites is 2. The van der Waals surface area contributed by atoms with Crippen LogP contribution in [0, 0.1) is 0 Å². The highest BCUT2D eigenvalue weighted by Crippen LogP contribution is 2.21. The quantitative estimate of drug-likeness (QED) is 0.462. The van der Waals surface area contributed by atoms with Gasteiger partial charge in [-0.25, -0.2) is 0 Å². The zero-order valence-electron chi connectivity index (χ0n) is 13.9. The third-order valence-electron chi connectivity index (χ3n) is 4.23. The van der Waals surface area contributed by atoms with E-state index in [4.69, 9.17) is 9.72 Å². The highest BCUT2D eigenvalue weighted by atomic mass is 16.5. The van der Waals surface area contributed by atoms with Crippen LogP contribution in [0.1, 0.15) is 11.3 Å². The van der Waals surface area contributed by atoms with Crippen molar-refractivity contribution in [3.8, 4) is 11.5 Å². The fourth-order valence-corrected chi connectivity index (χ4v) is 2.87. The second-order valence-electron chi connectivity index (χ2n) is 6.05. The number of ether oxygens (including phenoxy) is 1. The minimum atomic E-state index is 0.857. The van der Waals surface area contributed by atoms with Gasteiger partial charge in [0.25, 0.3) is 0 Å². The van der Waals surface area contributed by atoms with E-state index in [0.717, 1.165) is 35.6 Å². The lowest BCUT2D eigenvalue weighted by Gasteiger charge is -2.07. The number of fused-ring (bicyclic) bond motifs is 1. The molecular weight excluding hydrogens is 306 g/mol. The Morgan fingerprint density at radius 1 is 0.600 bits per heavy atom. The van der Waals surface area contributed by atoms with Crippen molar-refractivity contribution in [3.05, 3.63) is 102 Å². The molecule has 0 amide bonds. The van der Waals surface area contributed by atoms with Gasteiger partial charge in [0.05, 0.1) is 5.52 Å². The van der Waals surface area contributed by atoms with E-state index in [-0.39, 0.29) is 0 Å². The fraction of sp³-hybridized carbons (Fsp3) is 0.0870. The first-order chi connectivity index (χ1) is 12.4. The number of hydrogen-bond donors (Lipinski definition) is 0. The van der Waals surface area contributed by atoms with Gasteiger partial charge in [0.2, 0.25) is 0 Å². The number of rotatable bonds is 5. The van der Waals surface area contributed by atoms with Gasteiger partial charge < -0.3 is 4.74 Å². The zero-order valence-corrected chi connectivity index (χ0v) is 13.9. The second kappa shape index (κ2) is 7.18. The Kier molecular flexibility index (Phi) is 4.42. The van der Waals surface area contributed by atoms with Crippen LogP contribution in [0.25, 0.3) is 10.9 Å². The molecule has 0 fully saturated rings. The zero-order chi connectivity index (χ0) is 16.9. The highest BCUT2D eigenvalue weighted by molar-refractivity contribution is 5.78. The van der Waals surface area contributed by atoms with Crippen molar-refractivity contribution >= 4 is 10.9 Å². The van der Waals surface area contributed by atoms with Crippen LogP contribution in [-0.2, 0) is 12.8 Å². The molecule has 0 aliphatic rings. The summed E-state index contributed by atoms with van der Waals surface area (Å²) in [4.78, 5) is 4.74. The molecule has 1 heterocycles. The van der Waals surface area contributed by atoms with E-state index >= 15 is 0 Å². The van der Waals surface area contributed by atoms with Gasteiger partial charge >= 0.3 is 0 Å². The molecule has 0 aliphatic heterocycles. The predicted octanol–water partition coefficient (Wildman–Crippen LogP) is 5.81. The van der Waals surface area contributed by atoms with Gasteiger partial charge in [0, 0.05) is 11.1 Å². The standard InChI is InChI=1S/C23H19NO/c1-2-7-21(8-3-1)25-22-16-11-18(12-17-22)10-14-20-15-13-19-6-4-5-9-23(19)24-20/h1-9,11-13,15-17H,10,14H2. The number of benzene rings is 3. The molecule has 0 saturated heterocycles. The summed E-state index contributed by atoms with van der Waals surface area (Å²) < 4.78 is 5.83. The van der Waals surface area contributed by atoms with Crippen molar-refractivity contribution in [1.82, 2.24) is 4.98 Å². The van der Waals surface area contributed by atoms with Gasteiger partial charge in [-0.3, -0.25) is 4.98 Å². The van der Waals surface area contributed by atoms with Gasteiger partial charge in [0.15, 0.2) is 0 Å². The van der Waals surface area contributed by atoms with Gasteiger partial charge in [0.1, 0.15) is 11.5 Å². The Morgan fingerprint density at radius 2 is 1.32 bits per heavy atom. The van der Waals surface area contributed by atoms with E-state index in [1.165, 1.54) is 10.9 Å². The van der Waals surface area contributed by atoms with Crippen LogP contribution in [0.3, 0.4) is 0 Å². The van der Waals surface area contributed by atoms with E-state index in [9.17, 15) is 0 Å². The van der Waals surface area contributed by atoms with Crippen molar-refractivity contribution < 1.29 is 4.74 Å². The molecule has 0 aliphatic carbocycles. The Balaban J connectivity index is 1.40. The van der Waals surface area contributed by atoms with Crippen LogP contribution in [0.4, 0.5) is 0 Å². The molecular formula is C23H19NO. The molecule has 0 N–H and O–H groups in total. The Hall–Kier alpha value is -3.13. The number of hydrogen-bond acceptors (Lipinski definition) is 2. The lowest BCUT2D eigenvalue weighted by Crippen LogP contribution is -1.95. The van der Waals surface area contributed by atoms with Crippen LogP contribution in [0.2, 0.25) is 0 Å². The molecule has 4 rings (SSSR count). The average molecular weight is 325 g/mol. The molecule has 1 aromatic heterocycles. The smallest absolute Gasteiger partial charge is 0.127 e. The first-order valence-electron chi connectivity index (χ1n) is 8.53. The first kappa shape index (κ1) is 15.4. The third kappa shape index (κ3) is 3.86. The summed E-state index contributed by atoms with van der Waals surface area (Å²) in [6, 6.07) is 30.6. The van der Waals surface area contributed by atoms with Gasteiger partial charge in [-0.1, -0.05) is 54.6 Å². The van der Waals surface area contributed by atoms with Crippen molar-refractivity contribution in [2.75, 3.05) is 0 Å². The van der Waals surface area contributed by atoms with Crippen LogP contribution >= 0.6 is 0 Å². The summed E-state index contributed by atoms with van der Waals surface area (Å²) in [7, 11) is 0. The minimum absolute atomic E-state index is 0.857. The van der Waals surface area contributed by atoms with E-state index < -0.39 is 0 Å². The Labute approximate surface area is 147 Å². The summed E-state index contributed by atoms with van der Waals surface area (Å²) in [5.74, 6) is 1.72. The summed E-state index contributed by atoms with van der Waals surface area (Å²) >= 11 is 0. The molecule has 3 aromatic carbocycles. The van der Waals surface area contributed by atoms with Crippen molar-refractivity contribution in [2.24, 2.45) is 0 Å². The lowest BCUT2D eigenvalue weighted by molar-refractivity contribution is 0.482. The summed E-state index contributed by atoms with van der Waals surface area (Å²) in [5.41, 5.74) is 3.48. The molecule has 0 atom stereocenters. The van der Waals surface area contributed by atoms with Crippen molar-refractivity contribution in [2.45, 2.75) is 12.8 Å². The molecule has 0 radical (unpaired) electrons. The summed E-state index contributed by atoms with van der Waals surface area (Å²) in [6.45, 7) is 0. The number of aromatic nitrogens is 1. The maximum atomic E-state index is 5.83. The first-order valence-corrected chi connectivity index (χ1v) is 8.53. The number of pyridine rings is 1. The van der Waals surface area contributed by atoms with E-state index in [1.807, 2.05) is 54.6 Å². The predicted molar refractivity (Wildman–Crippen MR) is 102 cm³/mol. The van der Waals surface area contributed by atoms with E-state index in [2.05, 4.69) is 36.4 Å². The van der Waals surface area contributed by atoms with Gasteiger partial charge in [-0.15, -0.1) is 0 Å². The average Bonchev–Trinajstić information content (AvgIpc) is 2.68. The van der Waals surface area contributed by atoms with E-state index in [0.29, 0.717) is 0 Å². The largest absolute Gasteiger partial charge is 0.457 e. The molecule has 122 valence electrons. The van der Waals surface area contributed by atoms with Crippen LogP contribution in [0.15, 0.2) is 91.0 Å². The normalized spacial score (nSPS) is 10.7. The maximum absolute atomic E-state index is 5.83. The lowest BCUT2D eigenvalue weighted by atomic mass is 10.1. The molecule has 2 nitrogen and oxygen atoms in total. The maximum Gasteiger partial charge on any atom is 0.127 e. The molecule has 0 bridgehead atoms. The van der Waals surface area contributed by atoms with Crippen molar-refractivity contribution in [3.63, 3.8) is 0 Å². The third-order valence-corrected chi connectivity index (χ3v) is 4.23. The molecule has 0 unspecified atom stereocenters. The second-order valence-corrected chi connectivity index (χ2v) is 6.05. The molecule has 0 saturated carbocycles. The Bertz CT molecular complexity index is 962. The highest BCUT2D eigenvalue weighted by Gasteiger charge is 2.01. The van der Waals surface area contributed by atoms with Crippen molar-refractivity contribution in [1.29, 1.82) is 0 Å².